The Balaban J connectivity index is 2.98. The Hall–Kier alpha value is -0.820. The molecule has 0 spiro atoms. The molecule has 1 aromatic rings. The van der Waals surface area contributed by atoms with E-state index >= 15 is 0 Å². The van der Waals surface area contributed by atoms with E-state index in [9.17, 15) is 8.42 Å². The molecule has 0 radical (unpaired) electrons. The standard InChI is InChI=1S/C10H15BrN2O3S/c1-7(2)6-17(14,15)13-9-4-8(11)5-12-10(9)16-3/h4-5,7,13H,6H2,1-3H3. The molecule has 0 bridgehead atoms. The van der Waals surface area contributed by atoms with E-state index in [0.29, 0.717) is 10.2 Å². The van der Waals surface area contributed by atoms with Gasteiger partial charge in [-0.1, -0.05) is 13.8 Å². The van der Waals surface area contributed by atoms with Crippen molar-refractivity contribution < 1.29 is 13.2 Å². The van der Waals surface area contributed by atoms with Crippen LogP contribution in [0.25, 0.3) is 0 Å². The predicted octanol–water partition coefficient (Wildman–Crippen LogP) is 2.25. The Kier molecular flexibility index (Phi) is 4.76. The summed E-state index contributed by atoms with van der Waals surface area (Å²) in [5.74, 6) is 0.363. The van der Waals surface area contributed by atoms with Crippen LogP contribution in [-0.2, 0) is 10.0 Å². The third-order valence-electron chi connectivity index (χ3n) is 1.83. The zero-order valence-corrected chi connectivity index (χ0v) is 12.3. The summed E-state index contributed by atoms with van der Waals surface area (Å²) < 4.78 is 31.7. The molecule has 0 amide bonds. The third kappa shape index (κ3) is 4.51. The van der Waals surface area contributed by atoms with Crippen molar-refractivity contribution in [1.82, 2.24) is 4.98 Å². The van der Waals surface area contributed by atoms with E-state index in [1.54, 1.807) is 12.3 Å². The van der Waals surface area contributed by atoms with Gasteiger partial charge in [0.05, 0.1) is 12.9 Å². The highest BCUT2D eigenvalue weighted by Crippen LogP contribution is 2.26. The van der Waals surface area contributed by atoms with Gasteiger partial charge in [0.25, 0.3) is 0 Å². The molecule has 96 valence electrons. The SMILES string of the molecule is COc1ncc(Br)cc1NS(=O)(=O)CC(C)C. The van der Waals surface area contributed by atoms with Gasteiger partial charge in [-0.25, -0.2) is 13.4 Å². The van der Waals surface area contributed by atoms with Gasteiger partial charge in [0.15, 0.2) is 0 Å². The summed E-state index contributed by atoms with van der Waals surface area (Å²) in [6.45, 7) is 3.69. The first kappa shape index (κ1) is 14.2. The molecule has 0 unspecified atom stereocenters. The smallest absolute Gasteiger partial charge is 0.238 e. The normalized spacial score (nSPS) is 11.6. The highest BCUT2D eigenvalue weighted by molar-refractivity contribution is 9.10. The van der Waals surface area contributed by atoms with Crippen LogP contribution >= 0.6 is 15.9 Å². The second-order valence-electron chi connectivity index (χ2n) is 3.99. The van der Waals surface area contributed by atoms with Gasteiger partial charge in [-0.3, -0.25) is 4.72 Å². The summed E-state index contributed by atoms with van der Waals surface area (Å²) >= 11 is 3.23. The summed E-state index contributed by atoms with van der Waals surface area (Å²) in [5.41, 5.74) is 0.336. The molecule has 0 aliphatic carbocycles. The van der Waals surface area contributed by atoms with Crippen LogP contribution in [0.5, 0.6) is 5.88 Å². The van der Waals surface area contributed by atoms with Crippen molar-refractivity contribution in [3.05, 3.63) is 16.7 Å². The lowest BCUT2D eigenvalue weighted by atomic mass is 10.3. The fraction of sp³-hybridized carbons (Fsp3) is 0.500. The van der Waals surface area contributed by atoms with Crippen LogP contribution in [0.4, 0.5) is 5.69 Å². The molecule has 17 heavy (non-hydrogen) atoms. The van der Waals surface area contributed by atoms with Crippen LogP contribution in [0.2, 0.25) is 0 Å². The Morgan fingerprint density at radius 3 is 2.71 bits per heavy atom. The number of hydrogen-bond donors (Lipinski definition) is 1. The molecule has 1 aromatic heterocycles. The maximum atomic E-state index is 11.8. The maximum Gasteiger partial charge on any atom is 0.238 e. The second-order valence-corrected chi connectivity index (χ2v) is 6.67. The number of ether oxygens (including phenoxy) is 1. The first-order valence-corrected chi connectivity index (χ1v) is 7.48. The van der Waals surface area contributed by atoms with E-state index in [0.717, 1.165) is 0 Å². The second kappa shape index (κ2) is 5.68. The summed E-state index contributed by atoms with van der Waals surface area (Å²) in [7, 11) is -1.93. The van der Waals surface area contributed by atoms with Crippen LogP contribution in [0, 0.1) is 5.92 Å². The molecule has 1 rings (SSSR count). The van der Waals surface area contributed by atoms with E-state index in [1.165, 1.54) is 7.11 Å². The minimum absolute atomic E-state index is 0.0543. The quantitative estimate of drug-likeness (QED) is 0.902. The number of rotatable bonds is 5. The summed E-state index contributed by atoms with van der Waals surface area (Å²) in [6, 6.07) is 1.61. The lowest BCUT2D eigenvalue weighted by Crippen LogP contribution is -2.20. The lowest BCUT2D eigenvalue weighted by Gasteiger charge is -2.12. The van der Waals surface area contributed by atoms with Crippen molar-refractivity contribution in [3.8, 4) is 5.88 Å². The first-order valence-electron chi connectivity index (χ1n) is 5.04. The van der Waals surface area contributed by atoms with Gasteiger partial charge in [0.1, 0.15) is 5.69 Å². The van der Waals surface area contributed by atoms with E-state index < -0.39 is 10.0 Å². The number of anilines is 1. The first-order chi connectivity index (χ1) is 7.84. The number of methoxy groups -OCH3 is 1. The van der Waals surface area contributed by atoms with Gasteiger partial charge in [0, 0.05) is 10.7 Å². The lowest BCUT2D eigenvalue weighted by molar-refractivity contribution is 0.400. The minimum Gasteiger partial charge on any atom is -0.479 e. The zero-order valence-electron chi connectivity index (χ0n) is 9.90. The van der Waals surface area contributed by atoms with Crippen LogP contribution in [-0.4, -0.2) is 26.3 Å². The van der Waals surface area contributed by atoms with Gasteiger partial charge >= 0.3 is 0 Å². The van der Waals surface area contributed by atoms with Crippen molar-refractivity contribution in [1.29, 1.82) is 0 Å². The molecule has 0 aliphatic heterocycles. The number of nitrogens with one attached hydrogen (secondary N) is 1. The van der Waals surface area contributed by atoms with Crippen LogP contribution in [0.1, 0.15) is 13.8 Å². The topological polar surface area (TPSA) is 68.3 Å². The van der Waals surface area contributed by atoms with Crippen LogP contribution in [0.3, 0.4) is 0 Å². The number of pyridine rings is 1. The van der Waals surface area contributed by atoms with Gasteiger partial charge < -0.3 is 4.74 Å². The molecule has 7 heteroatoms. The Bertz CT molecular complexity index is 488. The highest BCUT2D eigenvalue weighted by Gasteiger charge is 2.16. The Morgan fingerprint density at radius 2 is 2.18 bits per heavy atom. The predicted molar refractivity (Wildman–Crippen MR) is 70.7 cm³/mol. The average molecular weight is 323 g/mol. The fourth-order valence-corrected chi connectivity index (χ4v) is 3.08. The number of sulfonamides is 1. The van der Waals surface area contributed by atoms with Gasteiger partial charge in [-0.05, 0) is 27.9 Å². The number of hydrogen-bond acceptors (Lipinski definition) is 4. The molecule has 5 nitrogen and oxygen atoms in total. The van der Waals surface area contributed by atoms with E-state index in [-0.39, 0.29) is 17.6 Å². The molecule has 1 N–H and O–H groups in total. The number of aromatic nitrogens is 1. The molecule has 0 saturated heterocycles. The number of nitrogens with zero attached hydrogens (tertiary/aromatic N) is 1. The molecule has 1 heterocycles. The van der Waals surface area contributed by atoms with Gasteiger partial charge in [-0.2, -0.15) is 0 Å². The fourth-order valence-electron chi connectivity index (χ4n) is 1.31. The van der Waals surface area contributed by atoms with Crippen LogP contribution < -0.4 is 9.46 Å². The van der Waals surface area contributed by atoms with E-state index in [4.69, 9.17) is 4.74 Å². The molecule has 0 saturated carbocycles. The van der Waals surface area contributed by atoms with E-state index in [1.807, 2.05) is 13.8 Å². The zero-order chi connectivity index (χ0) is 13.1. The molecule has 0 aromatic carbocycles. The monoisotopic (exact) mass is 322 g/mol. The van der Waals surface area contributed by atoms with Crippen molar-refractivity contribution in [2.45, 2.75) is 13.8 Å². The molecule has 0 aliphatic rings. The molecule has 0 atom stereocenters. The van der Waals surface area contributed by atoms with Crippen molar-refractivity contribution in [2.75, 3.05) is 17.6 Å². The molecule has 0 fully saturated rings. The van der Waals surface area contributed by atoms with Gasteiger partial charge in [0.2, 0.25) is 15.9 Å². The van der Waals surface area contributed by atoms with Crippen LogP contribution in [0.15, 0.2) is 16.7 Å². The minimum atomic E-state index is -3.37. The highest BCUT2D eigenvalue weighted by atomic mass is 79.9. The summed E-state index contributed by atoms with van der Waals surface area (Å²) in [5, 5.41) is 0. The van der Waals surface area contributed by atoms with Crippen molar-refractivity contribution >= 4 is 31.6 Å². The summed E-state index contributed by atoms with van der Waals surface area (Å²) in [6.07, 6.45) is 1.54. The van der Waals surface area contributed by atoms with Crippen molar-refractivity contribution in [3.63, 3.8) is 0 Å². The van der Waals surface area contributed by atoms with Crippen molar-refractivity contribution in [2.24, 2.45) is 5.92 Å². The number of halogens is 1. The average Bonchev–Trinajstić information content (AvgIpc) is 2.14. The third-order valence-corrected chi connectivity index (χ3v) is 3.90. The molecular formula is C10H15BrN2O3S. The summed E-state index contributed by atoms with van der Waals surface area (Å²) in [4.78, 5) is 3.96. The maximum absolute atomic E-state index is 11.8. The largest absolute Gasteiger partial charge is 0.479 e. The van der Waals surface area contributed by atoms with Gasteiger partial charge in [-0.15, -0.1) is 0 Å². The molecular weight excluding hydrogens is 308 g/mol. The Morgan fingerprint density at radius 1 is 1.53 bits per heavy atom. The van der Waals surface area contributed by atoms with E-state index in [2.05, 4.69) is 25.6 Å². The Labute approximate surface area is 110 Å².